The van der Waals surface area contributed by atoms with E-state index in [0.29, 0.717) is 32.9 Å². The Labute approximate surface area is 224 Å². The first-order chi connectivity index (χ1) is 18.0. The number of nitrogens with zero attached hydrogens (tertiary/aromatic N) is 3. The van der Waals surface area contributed by atoms with Gasteiger partial charge in [-0.05, 0) is 72.8 Å². The van der Waals surface area contributed by atoms with Gasteiger partial charge in [-0.2, -0.15) is 4.99 Å². The predicted molar refractivity (Wildman–Crippen MR) is 149 cm³/mol. The topological polar surface area (TPSA) is 95.9 Å². The maximum atomic E-state index is 12.7. The number of thioether (sulfide) groups is 1. The summed E-state index contributed by atoms with van der Waals surface area (Å²) in [6, 6.07) is 14.7. The van der Waals surface area contributed by atoms with Gasteiger partial charge in [0, 0.05) is 36.8 Å². The molecule has 0 spiro atoms. The number of ether oxygens (including phenoxy) is 1. The molecule has 1 fully saturated rings. The molecule has 5 rings (SSSR count). The fraction of sp³-hybridized carbons (Fsp3) is 0.259. The summed E-state index contributed by atoms with van der Waals surface area (Å²) in [7, 11) is 0. The molecule has 0 unspecified atom stereocenters. The van der Waals surface area contributed by atoms with E-state index in [2.05, 4.69) is 25.5 Å². The average Bonchev–Trinajstić information content (AvgIpc) is 3.26. The standard InChI is InChI=1S/C27H26ClN5O3S/c28-21-6-5-20(25(34)30-9-2-10-33-11-13-36-14-12-33)17-23(21)31-27-32-26(35)24(37-27)16-18-4-7-22-19(15-18)3-1-8-29-22/h1,3-8,15-17H,2,9-14H2,(H,30,34)(H,31,32,35). The highest BCUT2D eigenvalue weighted by Gasteiger charge is 2.23. The SMILES string of the molecule is O=C1N=C(Nc2cc(C(=O)NCCCN3CCOCC3)ccc2Cl)SC1=Cc1ccc2ncccc2c1. The maximum Gasteiger partial charge on any atom is 0.286 e. The van der Waals surface area contributed by atoms with Crippen molar-refractivity contribution >= 4 is 63.0 Å². The minimum absolute atomic E-state index is 0.176. The number of hydrogen-bond acceptors (Lipinski definition) is 7. The lowest BCUT2D eigenvalue weighted by atomic mass is 10.1. The van der Waals surface area contributed by atoms with E-state index >= 15 is 0 Å². The van der Waals surface area contributed by atoms with Crippen LogP contribution in [0.2, 0.25) is 5.02 Å². The normalized spacial score (nSPS) is 17.3. The summed E-state index contributed by atoms with van der Waals surface area (Å²) in [6.45, 7) is 4.90. The van der Waals surface area contributed by atoms with E-state index in [1.54, 1.807) is 30.5 Å². The average molecular weight is 536 g/mol. The summed E-state index contributed by atoms with van der Waals surface area (Å²) in [5.41, 5.74) is 2.77. The van der Waals surface area contributed by atoms with Crippen molar-refractivity contribution in [3.8, 4) is 0 Å². The molecule has 2 aliphatic heterocycles. The molecule has 2 N–H and O–H groups in total. The molecule has 0 bridgehead atoms. The molecule has 2 aromatic carbocycles. The second-order valence-electron chi connectivity index (χ2n) is 8.67. The minimum atomic E-state index is -0.330. The second-order valence-corrected chi connectivity index (χ2v) is 10.1. The fourth-order valence-corrected chi connectivity index (χ4v) is 5.10. The Bertz CT molecular complexity index is 1390. The molecule has 0 aliphatic carbocycles. The molecule has 10 heteroatoms. The lowest BCUT2D eigenvalue weighted by Gasteiger charge is -2.26. The molecule has 2 aliphatic rings. The molecule has 0 radical (unpaired) electrons. The number of aliphatic imine (C=N–C) groups is 1. The van der Waals surface area contributed by atoms with Crippen LogP contribution >= 0.6 is 23.4 Å². The Kier molecular flexibility index (Phi) is 8.15. The quantitative estimate of drug-likeness (QED) is 0.341. The largest absolute Gasteiger partial charge is 0.379 e. The number of anilines is 1. The highest BCUT2D eigenvalue weighted by atomic mass is 35.5. The zero-order chi connectivity index (χ0) is 25.6. The number of amidine groups is 1. The van der Waals surface area contributed by atoms with Crippen LogP contribution in [0.15, 0.2) is 64.6 Å². The van der Waals surface area contributed by atoms with Gasteiger partial charge in [0.25, 0.3) is 11.8 Å². The Morgan fingerprint density at radius 1 is 1.16 bits per heavy atom. The molecule has 1 aromatic heterocycles. The third kappa shape index (κ3) is 6.56. The van der Waals surface area contributed by atoms with Crippen molar-refractivity contribution in [1.82, 2.24) is 15.2 Å². The van der Waals surface area contributed by atoms with E-state index in [9.17, 15) is 9.59 Å². The molecule has 3 aromatic rings. The summed E-state index contributed by atoms with van der Waals surface area (Å²) in [5.74, 6) is -0.505. The number of amides is 2. The van der Waals surface area contributed by atoms with Crippen molar-refractivity contribution in [2.75, 3.05) is 44.7 Å². The molecule has 8 nitrogen and oxygen atoms in total. The van der Waals surface area contributed by atoms with Crippen LogP contribution in [0.3, 0.4) is 0 Å². The Hall–Kier alpha value is -3.24. The summed E-state index contributed by atoms with van der Waals surface area (Å²) >= 11 is 7.60. The van der Waals surface area contributed by atoms with Crippen molar-refractivity contribution in [3.63, 3.8) is 0 Å². The Balaban J connectivity index is 1.19. The van der Waals surface area contributed by atoms with Crippen LogP contribution in [0.4, 0.5) is 5.69 Å². The van der Waals surface area contributed by atoms with Gasteiger partial charge >= 0.3 is 0 Å². The first kappa shape index (κ1) is 25.4. The highest BCUT2D eigenvalue weighted by molar-refractivity contribution is 8.18. The Morgan fingerprint density at radius 2 is 2.03 bits per heavy atom. The van der Waals surface area contributed by atoms with Crippen LogP contribution in [0.25, 0.3) is 17.0 Å². The van der Waals surface area contributed by atoms with E-state index in [1.807, 2.05) is 30.3 Å². The van der Waals surface area contributed by atoms with Gasteiger partial charge < -0.3 is 15.4 Å². The molecule has 3 heterocycles. The number of rotatable bonds is 7. The van der Waals surface area contributed by atoms with E-state index in [-0.39, 0.29) is 11.8 Å². The minimum Gasteiger partial charge on any atom is -0.379 e. The smallest absolute Gasteiger partial charge is 0.286 e. The zero-order valence-corrected chi connectivity index (χ0v) is 21.6. The van der Waals surface area contributed by atoms with Crippen LogP contribution in [0.5, 0.6) is 0 Å². The molecule has 37 heavy (non-hydrogen) atoms. The molecule has 0 saturated carbocycles. The molecular formula is C27H26ClN5O3S. The number of aromatic nitrogens is 1. The molecule has 0 atom stereocenters. The van der Waals surface area contributed by atoms with Gasteiger partial charge in [0.1, 0.15) is 0 Å². The molecule has 1 saturated heterocycles. The van der Waals surface area contributed by atoms with Crippen molar-refractivity contribution in [1.29, 1.82) is 0 Å². The van der Waals surface area contributed by atoms with Crippen LogP contribution in [0, 0.1) is 0 Å². The van der Waals surface area contributed by atoms with Crippen LogP contribution in [-0.2, 0) is 9.53 Å². The van der Waals surface area contributed by atoms with Gasteiger partial charge in [0.15, 0.2) is 5.17 Å². The fourth-order valence-electron chi connectivity index (χ4n) is 4.11. The lowest BCUT2D eigenvalue weighted by Crippen LogP contribution is -2.38. The predicted octanol–water partition coefficient (Wildman–Crippen LogP) is 4.42. The summed E-state index contributed by atoms with van der Waals surface area (Å²) in [5, 5.41) is 7.89. The van der Waals surface area contributed by atoms with Gasteiger partial charge in [-0.15, -0.1) is 0 Å². The van der Waals surface area contributed by atoms with Crippen LogP contribution < -0.4 is 10.6 Å². The van der Waals surface area contributed by atoms with Crippen molar-refractivity contribution in [3.05, 3.63) is 75.8 Å². The van der Waals surface area contributed by atoms with Gasteiger partial charge in [-0.3, -0.25) is 19.5 Å². The third-order valence-electron chi connectivity index (χ3n) is 6.06. The zero-order valence-electron chi connectivity index (χ0n) is 20.1. The van der Waals surface area contributed by atoms with Crippen molar-refractivity contribution in [2.24, 2.45) is 4.99 Å². The maximum absolute atomic E-state index is 12.7. The number of morpholine rings is 1. The van der Waals surface area contributed by atoms with Crippen molar-refractivity contribution < 1.29 is 14.3 Å². The monoisotopic (exact) mass is 535 g/mol. The number of carbonyl (C=O) groups is 2. The third-order valence-corrected chi connectivity index (χ3v) is 7.28. The van der Waals surface area contributed by atoms with Gasteiger partial charge in [0.2, 0.25) is 0 Å². The van der Waals surface area contributed by atoms with E-state index < -0.39 is 0 Å². The van der Waals surface area contributed by atoms with E-state index in [0.717, 1.165) is 55.7 Å². The van der Waals surface area contributed by atoms with Crippen molar-refractivity contribution in [2.45, 2.75) is 6.42 Å². The summed E-state index contributed by atoms with van der Waals surface area (Å²) in [6.07, 6.45) is 4.42. The second kappa shape index (κ2) is 11.9. The number of pyridine rings is 1. The van der Waals surface area contributed by atoms with Gasteiger partial charge in [-0.25, -0.2) is 0 Å². The van der Waals surface area contributed by atoms with Crippen LogP contribution in [0.1, 0.15) is 22.3 Å². The number of halogens is 1. The molecule has 2 amide bonds. The first-order valence-electron chi connectivity index (χ1n) is 12.1. The number of benzene rings is 2. The summed E-state index contributed by atoms with van der Waals surface area (Å²) in [4.78, 5) is 36.5. The summed E-state index contributed by atoms with van der Waals surface area (Å²) < 4.78 is 5.36. The van der Waals surface area contributed by atoms with Gasteiger partial charge in [0.05, 0.1) is 34.3 Å². The number of fused-ring (bicyclic) bond motifs is 1. The molecular weight excluding hydrogens is 510 g/mol. The van der Waals surface area contributed by atoms with Crippen LogP contribution in [-0.4, -0.2) is 66.3 Å². The number of carbonyl (C=O) groups excluding carboxylic acids is 2. The first-order valence-corrected chi connectivity index (χ1v) is 13.3. The number of nitrogens with one attached hydrogen (secondary N) is 2. The van der Waals surface area contributed by atoms with E-state index in [1.165, 1.54) is 11.8 Å². The Morgan fingerprint density at radius 3 is 2.89 bits per heavy atom. The number of hydrogen-bond donors (Lipinski definition) is 2. The van der Waals surface area contributed by atoms with Gasteiger partial charge in [-0.1, -0.05) is 23.7 Å². The highest BCUT2D eigenvalue weighted by Crippen LogP contribution is 2.32. The lowest BCUT2D eigenvalue weighted by molar-refractivity contribution is -0.113. The molecule has 190 valence electrons. The van der Waals surface area contributed by atoms with E-state index in [4.69, 9.17) is 16.3 Å².